The van der Waals surface area contributed by atoms with Crippen molar-refractivity contribution in [1.82, 2.24) is 4.98 Å². The zero-order chi connectivity index (χ0) is 7.26. The fourth-order valence-electron chi connectivity index (χ4n) is 1.29. The molecule has 0 radical (unpaired) electrons. The summed E-state index contributed by atoms with van der Waals surface area (Å²) in [5.74, 6) is 2.02. The van der Waals surface area contributed by atoms with Gasteiger partial charge in [0.15, 0.2) is 11.5 Å². The van der Waals surface area contributed by atoms with E-state index in [1.54, 1.807) is 6.20 Å². The number of pyridine rings is 1. The van der Waals surface area contributed by atoms with Gasteiger partial charge in [-0.1, -0.05) is 0 Å². The van der Waals surface area contributed by atoms with Crippen molar-refractivity contribution in [3.05, 3.63) is 30.6 Å². The van der Waals surface area contributed by atoms with Crippen molar-refractivity contribution in [3.63, 3.8) is 0 Å². The third-order valence-corrected chi connectivity index (χ3v) is 1.90. The minimum atomic E-state index is 1.00. The lowest BCUT2D eigenvalue weighted by atomic mass is 10.2. The summed E-state index contributed by atoms with van der Waals surface area (Å²) in [6.45, 7) is 0. The molecule has 0 fully saturated rings. The highest BCUT2D eigenvalue weighted by Gasteiger charge is 2.22. The minimum Gasteiger partial charge on any atom is -0.449 e. The Hall–Kier alpha value is -1.57. The summed E-state index contributed by atoms with van der Waals surface area (Å²) in [5, 5.41) is 2.31. The largest absolute Gasteiger partial charge is 0.449 e. The summed E-state index contributed by atoms with van der Waals surface area (Å²) >= 11 is 0. The smallest absolute Gasteiger partial charge is 0.178 e. The van der Waals surface area contributed by atoms with Gasteiger partial charge in [-0.25, -0.2) is 0 Å². The van der Waals surface area contributed by atoms with Crippen LogP contribution in [0.25, 0.3) is 10.8 Å². The molecule has 1 aliphatic rings. The van der Waals surface area contributed by atoms with Gasteiger partial charge in [0, 0.05) is 23.2 Å². The van der Waals surface area contributed by atoms with Gasteiger partial charge in [0.05, 0.1) is 0 Å². The van der Waals surface area contributed by atoms with E-state index in [1.807, 2.05) is 24.4 Å². The number of nitrogens with zero attached hydrogens (tertiary/aromatic N) is 1. The van der Waals surface area contributed by atoms with Crippen LogP contribution in [0.3, 0.4) is 0 Å². The molecule has 0 bridgehead atoms. The average Bonchev–Trinajstić information content (AvgIpc) is 2.83. The highest BCUT2D eigenvalue weighted by Crippen LogP contribution is 2.49. The van der Waals surface area contributed by atoms with Crippen LogP contribution in [0.5, 0.6) is 11.5 Å². The van der Waals surface area contributed by atoms with Crippen molar-refractivity contribution in [1.29, 1.82) is 0 Å². The molecule has 2 nitrogen and oxygen atoms in total. The van der Waals surface area contributed by atoms with E-state index in [2.05, 4.69) is 4.98 Å². The van der Waals surface area contributed by atoms with Gasteiger partial charge < -0.3 is 4.74 Å². The highest BCUT2D eigenvalue weighted by atomic mass is 16.6. The first-order valence-electron chi connectivity index (χ1n) is 3.50. The van der Waals surface area contributed by atoms with Crippen LogP contribution >= 0.6 is 0 Å². The van der Waals surface area contributed by atoms with Gasteiger partial charge in [-0.3, -0.25) is 4.98 Å². The van der Waals surface area contributed by atoms with Crippen LogP contribution in [-0.2, 0) is 0 Å². The number of aromatic nitrogens is 1. The molecule has 2 aromatic rings. The summed E-state index contributed by atoms with van der Waals surface area (Å²) in [7, 11) is 0. The summed E-state index contributed by atoms with van der Waals surface area (Å²) in [6, 6.07) is 5.97. The van der Waals surface area contributed by atoms with Crippen LogP contribution in [0, 0.1) is 0 Å². The molecule has 1 aromatic carbocycles. The maximum absolute atomic E-state index is 5.22. The lowest BCUT2D eigenvalue weighted by molar-refractivity contribution is 0.653. The van der Waals surface area contributed by atoms with Gasteiger partial charge in [-0.05, 0) is 18.2 Å². The fraction of sp³-hybridized carbons (Fsp3) is 0. The number of ether oxygens (including phenoxy) is 1. The molecule has 0 amide bonds. The van der Waals surface area contributed by atoms with Crippen LogP contribution in [0.15, 0.2) is 30.6 Å². The first-order valence-corrected chi connectivity index (χ1v) is 3.50. The summed E-state index contributed by atoms with van der Waals surface area (Å²) in [6.07, 6.45) is 3.63. The van der Waals surface area contributed by atoms with E-state index < -0.39 is 0 Å². The van der Waals surface area contributed by atoms with E-state index >= 15 is 0 Å². The van der Waals surface area contributed by atoms with Gasteiger partial charge in [-0.2, -0.15) is 0 Å². The Morgan fingerprint density at radius 2 is 2.18 bits per heavy atom. The molecule has 0 saturated heterocycles. The number of hydrogen-bond donors (Lipinski definition) is 0. The molecular weight excluding hydrogens is 138 g/mol. The SMILES string of the molecule is c1cc2c3c(ccc2cn1)O3. The second-order valence-electron chi connectivity index (χ2n) is 2.59. The maximum atomic E-state index is 5.22. The lowest BCUT2D eigenvalue weighted by Gasteiger charge is -1.88. The molecule has 1 aliphatic heterocycles. The summed E-state index contributed by atoms with van der Waals surface area (Å²) < 4.78 is 5.22. The fourth-order valence-corrected chi connectivity index (χ4v) is 1.29. The van der Waals surface area contributed by atoms with Crippen molar-refractivity contribution >= 4 is 10.8 Å². The number of hydrogen-bond acceptors (Lipinski definition) is 2. The van der Waals surface area contributed by atoms with E-state index in [-0.39, 0.29) is 0 Å². The Balaban J connectivity index is 2.56. The minimum absolute atomic E-state index is 1.00. The van der Waals surface area contributed by atoms with Gasteiger partial charge in [0.1, 0.15) is 0 Å². The van der Waals surface area contributed by atoms with E-state index in [0.717, 1.165) is 22.3 Å². The molecule has 52 valence electrons. The second-order valence-corrected chi connectivity index (χ2v) is 2.59. The molecule has 2 heterocycles. The standard InChI is InChI=1S/C9H5NO/c1-2-8-9(11-8)7-3-4-10-5-6(1)7/h1-5H. The quantitative estimate of drug-likeness (QED) is 0.451. The molecule has 0 unspecified atom stereocenters. The molecule has 0 aliphatic carbocycles. The lowest BCUT2D eigenvalue weighted by Crippen LogP contribution is -1.69. The van der Waals surface area contributed by atoms with Crippen LogP contribution in [0.1, 0.15) is 0 Å². The molecule has 3 rings (SSSR count). The van der Waals surface area contributed by atoms with Crippen molar-refractivity contribution < 1.29 is 4.74 Å². The first kappa shape index (κ1) is 5.13. The van der Waals surface area contributed by atoms with Gasteiger partial charge in [0.2, 0.25) is 0 Å². The topological polar surface area (TPSA) is 25.4 Å². The van der Waals surface area contributed by atoms with Crippen molar-refractivity contribution in [2.24, 2.45) is 0 Å². The van der Waals surface area contributed by atoms with Gasteiger partial charge >= 0.3 is 0 Å². The Morgan fingerprint density at radius 1 is 1.18 bits per heavy atom. The Morgan fingerprint density at radius 3 is 3.18 bits per heavy atom. The molecule has 11 heavy (non-hydrogen) atoms. The zero-order valence-electron chi connectivity index (χ0n) is 5.74. The molecule has 0 spiro atoms. The van der Waals surface area contributed by atoms with E-state index in [1.165, 1.54) is 0 Å². The Labute approximate surface area is 63.4 Å². The number of rotatable bonds is 0. The summed E-state index contributed by atoms with van der Waals surface area (Å²) in [5.41, 5.74) is 0. The monoisotopic (exact) mass is 143 g/mol. The average molecular weight is 143 g/mol. The molecule has 0 N–H and O–H groups in total. The third-order valence-electron chi connectivity index (χ3n) is 1.90. The predicted octanol–water partition coefficient (Wildman–Crippen LogP) is 2.34. The van der Waals surface area contributed by atoms with Gasteiger partial charge in [0.25, 0.3) is 0 Å². The van der Waals surface area contributed by atoms with Crippen molar-refractivity contribution in [2.45, 2.75) is 0 Å². The molecule has 0 atom stereocenters. The van der Waals surface area contributed by atoms with Crippen LogP contribution < -0.4 is 4.74 Å². The number of fused-ring (bicyclic) bond motifs is 3. The highest BCUT2D eigenvalue weighted by molar-refractivity contribution is 5.94. The summed E-state index contributed by atoms with van der Waals surface area (Å²) in [4.78, 5) is 4.02. The van der Waals surface area contributed by atoms with Crippen LogP contribution in [0.2, 0.25) is 0 Å². The third kappa shape index (κ3) is 0.584. The number of benzene rings is 1. The molecule has 1 aromatic heterocycles. The van der Waals surface area contributed by atoms with Crippen molar-refractivity contribution in [2.75, 3.05) is 0 Å². The second kappa shape index (κ2) is 1.53. The molecular formula is C9H5NO. The predicted molar refractivity (Wildman–Crippen MR) is 41.8 cm³/mol. The van der Waals surface area contributed by atoms with E-state index in [4.69, 9.17) is 4.74 Å². The van der Waals surface area contributed by atoms with E-state index in [9.17, 15) is 0 Å². The molecule has 2 heteroatoms. The van der Waals surface area contributed by atoms with Crippen LogP contribution in [0.4, 0.5) is 0 Å². The van der Waals surface area contributed by atoms with Crippen molar-refractivity contribution in [3.8, 4) is 11.5 Å². The Bertz CT molecular complexity index is 437. The Kier molecular flexibility index (Phi) is 0.714. The first-order chi connectivity index (χ1) is 5.45. The van der Waals surface area contributed by atoms with Crippen LogP contribution in [-0.4, -0.2) is 4.98 Å². The van der Waals surface area contributed by atoms with E-state index in [0.29, 0.717) is 0 Å². The van der Waals surface area contributed by atoms with Gasteiger partial charge in [-0.15, -0.1) is 0 Å². The molecule has 0 saturated carbocycles. The maximum Gasteiger partial charge on any atom is 0.178 e. The normalized spacial score (nSPS) is 12.4. The zero-order valence-corrected chi connectivity index (χ0v) is 5.74.